The molecule has 0 unspecified atom stereocenters. The number of carbonyl (C=O) groups is 1. The average molecular weight is 361 g/mol. The lowest BCUT2D eigenvalue weighted by Crippen LogP contribution is -2.49. The molecule has 26 heavy (non-hydrogen) atoms. The van der Waals surface area contributed by atoms with E-state index in [0.717, 1.165) is 58.0 Å². The summed E-state index contributed by atoms with van der Waals surface area (Å²) in [6.45, 7) is 10.2. The molecule has 0 N–H and O–H groups in total. The standard InChI is InChI=1S/C21H36N4O/c1-18(2)21-22-10-11-25(21)17-14-23-12-15-24(16-13-23)20(26)9-8-19-6-4-3-5-7-19/h10-11,18-19H,3-9,12-17H2,1-2H3. The summed E-state index contributed by atoms with van der Waals surface area (Å²) < 4.78 is 2.27. The van der Waals surface area contributed by atoms with E-state index >= 15 is 0 Å². The van der Waals surface area contributed by atoms with E-state index in [1.54, 1.807) is 0 Å². The second-order valence-corrected chi connectivity index (χ2v) is 8.40. The van der Waals surface area contributed by atoms with Crippen molar-refractivity contribution >= 4 is 5.91 Å². The third-order valence-corrected chi connectivity index (χ3v) is 6.14. The van der Waals surface area contributed by atoms with Gasteiger partial charge in [-0.15, -0.1) is 0 Å². The van der Waals surface area contributed by atoms with E-state index in [2.05, 4.69) is 39.4 Å². The SMILES string of the molecule is CC(C)c1nccn1CCN1CCN(C(=O)CCC2CCCCC2)CC1. The third kappa shape index (κ3) is 5.32. The molecular weight excluding hydrogens is 324 g/mol. The van der Waals surface area contributed by atoms with Crippen LogP contribution >= 0.6 is 0 Å². The minimum Gasteiger partial charge on any atom is -0.340 e. The van der Waals surface area contributed by atoms with Crippen LogP contribution in [0.3, 0.4) is 0 Å². The van der Waals surface area contributed by atoms with Crippen LogP contribution in [0.2, 0.25) is 0 Å². The van der Waals surface area contributed by atoms with Crippen LogP contribution < -0.4 is 0 Å². The topological polar surface area (TPSA) is 41.4 Å². The minimum atomic E-state index is 0.381. The Bertz CT molecular complexity index is 554. The summed E-state index contributed by atoms with van der Waals surface area (Å²) in [6.07, 6.45) is 12.7. The lowest BCUT2D eigenvalue weighted by Gasteiger charge is -2.35. The zero-order valence-corrected chi connectivity index (χ0v) is 16.7. The number of amides is 1. The lowest BCUT2D eigenvalue weighted by molar-refractivity contribution is -0.133. The molecule has 3 rings (SSSR count). The fraction of sp³-hybridized carbons (Fsp3) is 0.810. The predicted molar refractivity (Wildman–Crippen MR) is 105 cm³/mol. The highest BCUT2D eigenvalue weighted by molar-refractivity contribution is 5.76. The smallest absolute Gasteiger partial charge is 0.222 e. The quantitative estimate of drug-likeness (QED) is 0.747. The van der Waals surface area contributed by atoms with Gasteiger partial charge in [0.1, 0.15) is 5.82 Å². The Labute approximate surface area is 158 Å². The van der Waals surface area contributed by atoms with Crippen molar-refractivity contribution in [3.63, 3.8) is 0 Å². The van der Waals surface area contributed by atoms with Gasteiger partial charge in [0.2, 0.25) is 5.91 Å². The fourth-order valence-corrected chi connectivity index (χ4v) is 4.44. The Kier molecular flexibility index (Phi) is 7.12. The van der Waals surface area contributed by atoms with Gasteiger partial charge in [0.25, 0.3) is 0 Å². The molecule has 1 aromatic rings. The summed E-state index contributed by atoms with van der Waals surface area (Å²) in [4.78, 5) is 21.5. The monoisotopic (exact) mass is 360 g/mol. The Hall–Kier alpha value is -1.36. The zero-order valence-electron chi connectivity index (χ0n) is 16.7. The summed E-state index contributed by atoms with van der Waals surface area (Å²) in [5.41, 5.74) is 0. The first-order chi connectivity index (χ1) is 12.6. The van der Waals surface area contributed by atoms with E-state index in [9.17, 15) is 4.79 Å². The molecule has 5 heteroatoms. The lowest BCUT2D eigenvalue weighted by atomic mass is 9.86. The maximum atomic E-state index is 12.5. The highest BCUT2D eigenvalue weighted by Crippen LogP contribution is 2.27. The van der Waals surface area contributed by atoms with Gasteiger partial charge in [-0.1, -0.05) is 46.0 Å². The van der Waals surface area contributed by atoms with Crippen LogP contribution in [0.1, 0.15) is 70.5 Å². The van der Waals surface area contributed by atoms with Gasteiger partial charge < -0.3 is 9.47 Å². The molecule has 0 bridgehead atoms. The molecular formula is C21H36N4O. The second-order valence-electron chi connectivity index (χ2n) is 8.40. The molecule has 1 saturated carbocycles. The van der Waals surface area contributed by atoms with E-state index in [1.165, 1.54) is 37.9 Å². The van der Waals surface area contributed by atoms with Crippen molar-refractivity contribution in [2.75, 3.05) is 32.7 Å². The van der Waals surface area contributed by atoms with Crippen LogP contribution in [0.5, 0.6) is 0 Å². The Balaban J connectivity index is 1.35. The van der Waals surface area contributed by atoms with Crippen molar-refractivity contribution in [1.82, 2.24) is 19.4 Å². The summed E-state index contributed by atoms with van der Waals surface area (Å²) >= 11 is 0. The first-order valence-electron chi connectivity index (χ1n) is 10.6. The summed E-state index contributed by atoms with van der Waals surface area (Å²) in [5, 5.41) is 0. The maximum Gasteiger partial charge on any atom is 0.222 e. The van der Waals surface area contributed by atoms with E-state index in [0.29, 0.717) is 11.8 Å². The first-order valence-corrected chi connectivity index (χ1v) is 10.6. The number of carbonyl (C=O) groups excluding carboxylic acids is 1. The molecule has 0 aromatic carbocycles. The predicted octanol–water partition coefficient (Wildman–Crippen LogP) is 3.51. The zero-order chi connectivity index (χ0) is 18.4. The Morgan fingerprint density at radius 2 is 1.85 bits per heavy atom. The molecule has 5 nitrogen and oxygen atoms in total. The van der Waals surface area contributed by atoms with Crippen LogP contribution in [0.4, 0.5) is 0 Å². The maximum absolute atomic E-state index is 12.5. The van der Waals surface area contributed by atoms with Gasteiger partial charge >= 0.3 is 0 Å². The number of aromatic nitrogens is 2. The number of nitrogens with zero attached hydrogens (tertiary/aromatic N) is 4. The normalized spacial score (nSPS) is 20.0. The van der Waals surface area contributed by atoms with Crippen LogP contribution in [-0.4, -0.2) is 58.0 Å². The van der Waals surface area contributed by atoms with Crippen LogP contribution in [0, 0.1) is 5.92 Å². The third-order valence-electron chi connectivity index (χ3n) is 6.14. The average Bonchev–Trinajstić information content (AvgIpc) is 3.15. The minimum absolute atomic E-state index is 0.381. The van der Waals surface area contributed by atoms with Gasteiger partial charge in [-0.05, 0) is 12.3 Å². The molecule has 0 atom stereocenters. The van der Waals surface area contributed by atoms with Gasteiger partial charge in [-0.2, -0.15) is 0 Å². The largest absolute Gasteiger partial charge is 0.340 e. The van der Waals surface area contributed by atoms with E-state index < -0.39 is 0 Å². The molecule has 146 valence electrons. The van der Waals surface area contributed by atoms with E-state index in [4.69, 9.17) is 0 Å². The highest BCUT2D eigenvalue weighted by Gasteiger charge is 2.22. The van der Waals surface area contributed by atoms with E-state index in [-0.39, 0.29) is 0 Å². The summed E-state index contributed by atoms with van der Waals surface area (Å²) in [6, 6.07) is 0. The Morgan fingerprint density at radius 1 is 1.12 bits per heavy atom. The van der Waals surface area contributed by atoms with Crippen molar-refractivity contribution < 1.29 is 4.79 Å². The molecule has 1 amide bonds. The van der Waals surface area contributed by atoms with Crippen molar-refractivity contribution in [3.05, 3.63) is 18.2 Å². The van der Waals surface area contributed by atoms with Crippen molar-refractivity contribution in [2.24, 2.45) is 5.92 Å². The highest BCUT2D eigenvalue weighted by atomic mass is 16.2. The molecule has 0 spiro atoms. The molecule has 1 aliphatic carbocycles. The molecule has 0 radical (unpaired) electrons. The van der Waals surface area contributed by atoms with Crippen molar-refractivity contribution in [3.8, 4) is 0 Å². The molecule has 1 aliphatic heterocycles. The fourth-order valence-electron chi connectivity index (χ4n) is 4.44. The Morgan fingerprint density at radius 3 is 2.54 bits per heavy atom. The summed E-state index contributed by atoms with van der Waals surface area (Å²) in [7, 11) is 0. The molecule has 1 aromatic heterocycles. The molecule has 2 aliphatic rings. The van der Waals surface area contributed by atoms with E-state index in [1.807, 2.05) is 6.20 Å². The number of hydrogen-bond donors (Lipinski definition) is 0. The molecule has 2 heterocycles. The molecule has 2 fully saturated rings. The van der Waals surface area contributed by atoms with Gasteiger partial charge in [-0.3, -0.25) is 9.69 Å². The summed E-state index contributed by atoms with van der Waals surface area (Å²) in [5.74, 6) is 2.82. The van der Waals surface area contributed by atoms with Gasteiger partial charge in [-0.25, -0.2) is 4.98 Å². The van der Waals surface area contributed by atoms with Gasteiger partial charge in [0.05, 0.1) is 0 Å². The van der Waals surface area contributed by atoms with Gasteiger partial charge in [0, 0.05) is 64.0 Å². The van der Waals surface area contributed by atoms with Crippen LogP contribution in [-0.2, 0) is 11.3 Å². The number of imidazole rings is 1. The first kappa shape index (κ1) is 19.4. The van der Waals surface area contributed by atoms with Crippen molar-refractivity contribution in [2.45, 2.75) is 71.3 Å². The number of piperazine rings is 1. The van der Waals surface area contributed by atoms with Crippen molar-refractivity contribution in [1.29, 1.82) is 0 Å². The van der Waals surface area contributed by atoms with Crippen LogP contribution in [0.25, 0.3) is 0 Å². The number of rotatable bonds is 7. The molecule has 1 saturated heterocycles. The second kappa shape index (κ2) is 9.54. The number of hydrogen-bond acceptors (Lipinski definition) is 3. The van der Waals surface area contributed by atoms with Crippen LogP contribution in [0.15, 0.2) is 12.4 Å². The van der Waals surface area contributed by atoms with Gasteiger partial charge in [0.15, 0.2) is 0 Å².